The number of rotatable bonds is 5. The van der Waals surface area contributed by atoms with Gasteiger partial charge < -0.3 is 20.5 Å². The van der Waals surface area contributed by atoms with Crippen molar-refractivity contribution in [1.29, 1.82) is 0 Å². The van der Waals surface area contributed by atoms with E-state index in [4.69, 9.17) is 15.2 Å². The molecular weight excluding hydrogens is 232 g/mol. The molecule has 0 saturated carbocycles. The Bertz CT molecular complexity index is 403. The van der Waals surface area contributed by atoms with E-state index in [-0.39, 0.29) is 12.2 Å². The van der Waals surface area contributed by atoms with Gasteiger partial charge in [0.05, 0.1) is 13.2 Å². The number of carbonyl (C=O) groups excluding carboxylic acids is 1. The van der Waals surface area contributed by atoms with Crippen LogP contribution in [-0.2, 0) is 14.3 Å². The van der Waals surface area contributed by atoms with E-state index in [1.807, 2.05) is 24.3 Å². The van der Waals surface area contributed by atoms with Crippen LogP contribution in [0.5, 0.6) is 0 Å². The standard InChI is InChI=1S/C13H18N2O3/c14-6-2-5-12(16)15-11-4-1-3-10(9-11)13-17-7-8-18-13/h1,3-4,9,13H,2,5-8,14H2,(H,15,16). The van der Waals surface area contributed by atoms with Gasteiger partial charge in [-0.15, -0.1) is 0 Å². The zero-order chi connectivity index (χ0) is 12.8. The van der Waals surface area contributed by atoms with Gasteiger partial charge in [-0.05, 0) is 25.1 Å². The monoisotopic (exact) mass is 250 g/mol. The maximum atomic E-state index is 11.6. The zero-order valence-corrected chi connectivity index (χ0v) is 10.2. The fourth-order valence-electron chi connectivity index (χ4n) is 1.80. The second-order valence-corrected chi connectivity index (χ2v) is 4.14. The van der Waals surface area contributed by atoms with E-state index in [1.165, 1.54) is 0 Å². The van der Waals surface area contributed by atoms with Crippen LogP contribution in [0, 0.1) is 0 Å². The SMILES string of the molecule is NCCCC(=O)Nc1cccc(C2OCCO2)c1. The van der Waals surface area contributed by atoms with Gasteiger partial charge in [0.2, 0.25) is 5.91 Å². The van der Waals surface area contributed by atoms with Crippen molar-refractivity contribution in [2.24, 2.45) is 5.73 Å². The van der Waals surface area contributed by atoms with Crippen molar-refractivity contribution in [1.82, 2.24) is 0 Å². The molecule has 1 heterocycles. The van der Waals surface area contributed by atoms with Crippen LogP contribution in [0.15, 0.2) is 24.3 Å². The molecular formula is C13H18N2O3. The van der Waals surface area contributed by atoms with Gasteiger partial charge in [-0.25, -0.2) is 0 Å². The Morgan fingerprint density at radius 3 is 2.89 bits per heavy atom. The maximum Gasteiger partial charge on any atom is 0.224 e. The van der Waals surface area contributed by atoms with Crippen molar-refractivity contribution in [3.8, 4) is 0 Å². The van der Waals surface area contributed by atoms with Gasteiger partial charge in [0.25, 0.3) is 0 Å². The molecule has 2 rings (SSSR count). The summed E-state index contributed by atoms with van der Waals surface area (Å²) in [5, 5.41) is 2.83. The van der Waals surface area contributed by atoms with Crippen LogP contribution in [-0.4, -0.2) is 25.7 Å². The Balaban J connectivity index is 1.96. The maximum absolute atomic E-state index is 11.6. The third-order valence-electron chi connectivity index (χ3n) is 2.67. The van der Waals surface area contributed by atoms with E-state index in [1.54, 1.807) is 0 Å². The quantitative estimate of drug-likeness (QED) is 0.828. The number of nitrogens with one attached hydrogen (secondary N) is 1. The van der Waals surface area contributed by atoms with Crippen LogP contribution >= 0.6 is 0 Å². The normalized spacial score (nSPS) is 15.8. The minimum atomic E-state index is -0.314. The predicted octanol–water partition coefficient (Wildman–Crippen LogP) is 1.41. The van der Waals surface area contributed by atoms with Gasteiger partial charge in [-0.3, -0.25) is 4.79 Å². The lowest BCUT2D eigenvalue weighted by atomic mass is 10.2. The summed E-state index contributed by atoms with van der Waals surface area (Å²) in [5.74, 6) is -0.0224. The van der Waals surface area contributed by atoms with Crippen molar-refractivity contribution < 1.29 is 14.3 Å². The van der Waals surface area contributed by atoms with Crippen LogP contribution in [0.25, 0.3) is 0 Å². The lowest BCUT2D eigenvalue weighted by molar-refractivity contribution is -0.116. The second-order valence-electron chi connectivity index (χ2n) is 4.14. The summed E-state index contributed by atoms with van der Waals surface area (Å²) in [6, 6.07) is 7.51. The molecule has 0 spiro atoms. The first-order valence-electron chi connectivity index (χ1n) is 6.12. The van der Waals surface area contributed by atoms with Gasteiger partial charge in [-0.1, -0.05) is 12.1 Å². The first kappa shape index (κ1) is 13.0. The molecule has 0 unspecified atom stereocenters. The summed E-state index contributed by atoms with van der Waals surface area (Å²) >= 11 is 0. The number of carbonyl (C=O) groups is 1. The molecule has 0 aromatic heterocycles. The number of nitrogens with two attached hydrogens (primary N) is 1. The summed E-state index contributed by atoms with van der Waals surface area (Å²) in [6.45, 7) is 1.74. The molecule has 1 aromatic rings. The molecule has 1 saturated heterocycles. The van der Waals surface area contributed by atoms with Crippen molar-refractivity contribution >= 4 is 11.6 Å². The van der Waals surface area contributed by atoms with Gasteiger partial charge in [0.15, 0.2) is 6.29 Å². The summed E-state index contributed by atoms with van der Waals surface area (Å²) < 4.78 is 10.8. The highest BCUT2D eigenvalue weighted by atomic mass is 16.7. The molecule has 98 valence electrons. The van der Waals surface area contributed by atoms with Crippen molar-refractivity contribution in [3.05, 3.63) is 29.8 Å². The van der Waals surface area contributed by atoms with E-state index < -0.39 is 0 Å². The number of amides is 1. The van der Waals surface area contributed by atoms with Gasteiger partial charge in [0.1, 0.15) is 0 Å². The highest BCUT2D eigenvalue weighted by molar-refractivity contribution is 5.90. The summed E-state index contributed by atoms with van der Waals surface area (Å²) in [7, 11) is 0. The van der Waals surface area contributed by atoms with Crippen LogP contribution in [0.1, 0.15) is 24.7 Å². The first-order chi connectivity index (χ1) is 8.79. The molecule has 3 N–H and O–H groups in total. The van der Waals surface area contributed by atoms with Crippen molar-refractivity contribution in [2.45, 2.75) is 19.1 Å². The topological polar surface area (TPSA) is 73.6 Å². The third kappa shape index (κ3) is 3.53. The molecule has 1 aromatic carbocycles. The van der Waals surface area contributed by atoms with E-state index in [9.17, 15) is 4.79 Å². The van der Waals surface area contributed by atoms with Gasteiger partial charge >= 0.3 is 0 Å². The van der Waals surface area contributed by atoms with Crippen LogP contribution < -0.4 is 11.1 Å². The Hall–Kier alpha value is -1.43. The third-order valence-corrected chi connectivity index (χ3v) is 2.67. The highest BCUT2D eigenvalue weighted by Crippen LogP contribution is 2.25. The first-order valence-corrected chi connectivity index (χ1v) is 6.12. The smallest absolute Gasteiger partial charge is 0.224 e. The van der Waals surface area contributed by atoms with Gasteiger partial charge in [-0.2, -0.15) is 0 Å². The molecule has 0 atom stereocenters. The molecule has 5 heteroatoms. The largest absolute Gasteiger partial charge is 0.346 e. The molecule has 0 bridgehead atoms. The molecule has 18 heavy (non-hydrogen) atoms. The van der Waals surface area contributed by atoms with Crippen LogP contribution in [0.3, 0.4) is 0 Å². The predicted molar refractivity (Wildman–Crippen MR) is 68.0 cm³/mol. The van der Waals surface area contributed by atoms with E-state index in [2.05, 4.69) is 5.32 Å². The van der Waals surface area contributed by atoms with E-state index in [0.717, 1.165) is 11.3 Å². The lowest BCUT2D eigenvalue weighted by Gasteiger charge is -2.11. The van der Waals surface area contributed by atoms with E-state index in [0.29, 0.717) is 32.6 Å². The lowest BCUT2D eigenvalue weighted by Crippen LogP contribution is -2.13. The Morgan fingerprint density at radius 1 is 1.39 bits per heavy atom. The molecule has 1 amide bonds. The summed E-state index contributed by atoms with van der Waals surface area (Å²) in [4.78, 5) is 11.6. The average Bonchev–Trinajstić information content (AvgIpc) is 2.90. The number of hydrogen-bond donors (Lipinski definition) is 2. The van der Waals surface area contributed by atoms with Crippen molar-refractivity contribution in [2.75, 3.05) is 25.1 Å². The number of ether oxygens (including phenoxy) is 2. The summed E-state index contributed by atoms with van der Waals surface area (Å²) in [6.07, 6.45) is 0.822. The number of hydrogen-bond acceptors (Lipinski definition) is 4. The van der Waals surface area contributed by atoms with Gasteiger partial charge in [0, 0.05) is 17.7 Å². The molecule has 1 fully saturated rings. The molecule has 1 aliphatic rings. The highest BCUT2D eigenvalue weighted by Gasteiger charge is 2.18. The number of anilines is 1. The van der Waals surface area contributed by atoms with E-state index >= 15 is 0 Å². The minimum Gasteiger partial charge on any atom is -0.346 e. The zero-order valence-electron chi connectivity index (χ0n) is 10.2. The molecule has 5 nitrogen and oxygen atoms in total. The Labute approximate surface area is 106 Å². The fraction of sp³-hybridized carbons (Fsp3) is 0.462. The number of benzene rings is 1. The Morgan fingerprint density at radius 2 is 2.17 bits per heavy atom. The summed E-state index contributed by atoms with van der Waals surface area (Å²) in [5.41, 5.74) is 7.04. The minimum absolute atomic E-state index is 0.0224. The molecule has 0 radical (unpaired) electrons. The van der Waals surface area contributed by atoms with Crippen LogP contribution in [0.2, 0.25) is 0 Å². The Kier molecular flexibility index (Phi) is 4.69. The second kappa shape index (κ2) is 6.49. The molecule has 0 aliphatic carbocycles. The van der Waals surface area contributed by atoms with Crippen LogP contribution in [0.4, 0.5) is 5.69 Å². The molecule has 1 aliphatic heterocycles. The van der Waals surface area contributed by atoms with Crippen molar-refractivity contribution in [3.63, 3.8) is 0 Å². The fourth-order valence-corrected chi connectivity index (χ4v) is 1.80. The average molecular weight is 250 g/mol.